The van der Waals surface area contributed by atoms with Gasteiger partial charge in [0.1, 0.15) is 0 Å². The van der Waals surface area contributed by atoms with Gasteiger partial charge in [0.25, 0.3) is 5.56 Å². The molecule has 1 saturated heterocycles. The molecule has 1 aromatic carbocycles. The Kier molecular flexibility index (Phi) is 3.57. The summed E-state index contributed by atoms with van der Waals surface area (Å²) in [7, 11) is 0. The van der Waals surface area contributed by atoms with Crippen LogP contribution in [0.25, 0.3) is 10.9 Å². The third-order valence-electron chi connectivity index (χ3n) is 3.49. The monoisotopic (exact) mass is 259 g/mol. The maximum absolute atomic E-state index is 12.3. The van der Waals surface area contributed by atoms with Crippen LogP contribution in [0.3, 0.4) is 0 Å². The van der Waals surface area contributed by atoms with E-state index in [1.54, 1.807) is 10.9 Å². The average Bonchev–Trinajstić information content (AvgIpc) is 2.48. The predicted molar refractivity (Wildman–Crippen MR) is 73.3 cm³/mol. The Morgan fingerprint density at radius 3 is 2.79 bits per heavy atom. The third-order valence-corrected chi connectivity index (χ3v) is 3.49. The van der Waals surface area contributed by atoms with Gasteiger partial charge in [0, 0.05) is 26.2 Å². The Bertz CT molecular complexity index is 617. The van der Waals surface area contributed by atoms with Crippen molar-refractivity contribution in [1.29, 1.82) is 0 Å². The van der Waals surface area contributed by atoms with E-state index in [9.17, 15) is 4.79 Å². The number of hydrogen-bond donors (Lipinski definition) is 0. The van der Waals surface area contributed by atoms with E-state index in [4.69, 9.17) is 4.74 Å². The Morgan fingerprint density at radius 1 is 1.16 bits per heavy atom. The first-order chi connectivity index (χ1) is 9.34. The van der Waals surface area contributed by atoms with E-state index < -0.39 is 0 Å². The lowest BCUT2D eigenvalue weighted by Crippen LogP contribution is -2.39. The Labute approximate surface area is 111 Å². The first-order valence-corrected chi connectivity index (χ1v) is 6.59. The van der Waals surface area contributed by atoms with Crippen LogP contribution in [0.15, 0.2) is 35.4 Å². The van der Waals surface area contributed by atoms with Gasteiger partial charge in [-0.2, -0.15) is 0 Å². The van der Waals surface area contributed by atoms with Crippen LogP contribution >= 0.6 is 0 Å². The molecule has 1 aliphatic rings. The highest BCUT2D eigenvalue weighted by atomic mass is 16.5. The summed E-state index contributed by atoms with van der Waals surface area (Å²) in [6, 6.07) is 7.46. The fourth-order valence-corrected chi connectivity index (χ4v) is 2.34. The topological polar surface area (TPSA) is 47.4 Å². The highest BCUT2D eigenvalue weighted by Crippen LogP contribution is 2.05. The number of fused-ring (bicyclic) bond motifs is 1. The highest BCUT2D eigenvalue weighted by Gasteiger charge is 2.10. The average molecular weight is 259 g/mol. The molecule has 0 aliphatic carbocycles. The highest BCUT2D eigenvalue weighted by molar-refractivity contribution is 5.76. The van der Waals surface area contributed by atoms with E-state index in [0.717, 1.165) is 38.4 Å². The molecule has 0 atom stereocenters. The SMILES string of the molecule is O=c1c2ccccc2ncn1CCN1CCOCC1. The van der Waals surface area contributed by atoms with Gasteiger partial charge in [0.2, 0.25) is 0 Å². The summed E-state index contributed by atoms with van der Waals surface area (Å²) < 4.78 is 7.00. The summed E-state index contributed by atoms with van der Waals surface area (Å²) >= 11 is 0. The summed E-state index contributed by atoms with van der Waals surface area (Å²) in [5.74, 6) is 0. The summed E-state index contributed by atoms with van der Waals surface area (Å²) in [4.78, 5) is 18.9. The van der Waals surface area contributed by atoms with Crippen LogP contribution in [0.5, 0.6) is 0 Å². The maximum Gasteiger partial charge on any atom is 0.261 e. The molecule has 19 heavy (non-hydrogen) atoms. The van der Waals surface area contributed by atoms with Crippen molar-refractivity contribution in [2.24, 2.45) is 0 Å². The van der Waals surface area contributed by atoms with Gasteiger partial charge >= 0.3 is 0 Å². The number of aromatic nitrogens is 2. The zero-order valence-electron chi connectivity index (χ0n) is 10.8. The Hall–Kier alpha value is -1.72. The quantitative estimate of drug-likeness (QED) is 0.815. The van der Waals surface area contributed by atoms with Gasteiger partial charge in [-0.15, -0.1) is 0 Å². The van der Waals surface area contributed by atoms with Gasteiger partial charge in [-0.05, 0) is 12.1 Å². The van der Waals surface area contributed by atoms with E-state index in [1.165, 1.54) is 0 Å². The lowest BCUT2D eigenvalue weighted by atomic mass is 10.2. The molecule has 0 spiro atoms. The number of benzene rings is 1. The summed E-state index contributed by atoms with van der Waals surface area (Å²) in [5.41, 5.74) is 0.800. The van der Waals surface area contributed by atoms with Gasteiger partial charge in [0.05, 0.1) is 30.4 Å². The Balaban J connectivity index is 1.77. The fraction of sp³-hybridized carbons (Fsp3) is 0.429. The molecule has 5 nitrogen and oxygen atoms in total. The minimum Gasteiger partial charge on any atom is -0.379 e. The van der Waals surface area contributed by atoms with Crippen LogP contribution in [-0.4, -0.2) is 47.3 Å². The van der Waals surface area contributed by atoms with Gasteiger partial charge in [-0.3, -0.25) is 14.3 Å². The predicted octanol–water partition coefficient (Wildman–Crippen LogP) is 0.729. The van der Waals surface area contributed by atoms with Gasteiger partial charge in [-0.25, -0.2) is 4.98 Å². The standard InChI is InChI=1S/C14H17N3O2/c18-14-12-3-1-2-4-13(12)15-11-17(14)6-5-16-7-9-19-10-8-16/h1-4,11H,5-10H2. The van der Waals surface area contributed by atoms with Gasteiger partial charge in [0.15, 0.2) is 0 Å². The number of hydrogen-bond acceptors (Lipinski definition) is 4. The number of ether oxygens (including phenoxy) is 1. The molecule has 1 aromatic heterocycles. The fourth-order valence-electron chi connectivity index (χ4n) is 2.34. The summed E-state index contributed by atoms with van der Waals surface area (Å²) in [6.45, 7) is 4.99. The molecule has 2 aromatic rings. The van der Waals surface area contributed by atoms with Crippen LogP contribution in [-0.2, 0) is 11.3 Å². The molecule has 1 aliphatic heterocycles. The molecule has 2 heterocycles. The second-order valence-electron chi connectivity index (χ2n) is 4.71. The second-order valence-corrected chi connectivity index (χ2v) is 4.71. The Morgan fingerprint density at radius 2 is 1.95 bits per heavy atom. The molecule has 100 valence electrons. The van der Waals surface area contributed by atoms with Gasteiger partial charge < -0.3 is 4.74 Å². The van der Waals surface area contributed by atoms with Crippen molar-refractivity contribution in [1.82, 2.24) is 14.5 Å². The van der Waals surface area contributed by atoms with E-state index >= 15 is 0 Å². The zero-order chi connectivity index (χ0) is 13.1. The molecule has 0 unspecified atom stereocenters. The van der Waals surface area contributed by atoms with E-state index in [0.29, 0.717) is 11.9 Å². The van der Waals surface area contributed by atoms with Crippen LogP contribution in [0.1, 0.15) is 0 Å². The minimum absolute atomic E-state index is 0.0406. The van der Waals surface area contributed by atoms with E-state index in [1.807, 2.05) is 24.3 Å². The van der Waals surface area contributed by atoms with Crippen molar-refractivity contribution >= 4 is 10.9 Å². The van der Waals surface area contributed by atoms with Crippen LogP contribution in [0, 0.1) is 0 Å². The molecule has 1 fully saturated rings. The normalized spacial score (nSPS) is 16.8. The largest absolute Gasteiger partial charge is 0.379 e. The number of morpholine rings is 1. The van der Waals surface area contributed by atoms with Crippen molar-refractivity contribution in [3.8, 4) is 0 Å². The molecular formula is C14H17N3O2. The first-order valence-electron chi connectivity index (χ1n) is 6.59. The summed E-state index contributed by atoms with van der Waals surface area (Å²) in [6.07, 6.45) is 1.64. The minimum atomic E-state index is 0.0406. The molecular weight excluding hydrogens is 242 g/mol. The molecule has 0 N–H and O–H groups in total. The van der Waals surface area contributed by atoms with Crippen molar-refractivity contribution in [3.05, 3.63) is 40.9 Å². The number of para-hydroxylation sites is 1. The lowest BCUT2D eigenvalue weighted by Gasteiger charge is -2.26. The van der Waals surface area contributed by atoms with Crippen molar-refractivity contribution in [3.63, 3.8) is 0 Å². The maximum atomic E-state index is 12.3. The zero-order valence-corrected chi connectivity index (χ0v) is 10.8. The molecule has 0 amide bonds. The van der Waals surface area contributed by atoms with Crippen molar-refractivity contribution < 1.29 is 4.74 Å². The number of nitrogens with zero attached hydrogens (tertiary/aromatic N) is 3. The number of rotatable bonds is 3. The molecule has 0 saturated carbocycles. The lowest BCUT2D eigenvalue weighted by molar-refractivity contribution is 0.0362. The molecule has 0 radical (unpaired) electrons. The van der Waals surface area contributed by atoms with Crippen LogP contribution in [0.2, 0.25) is 0 Å². The smallest absolute Gasteiger partial charge is 0.261 e. The van der Waals surface area contributed by atoms with Crippen LogP contribution in [0.4, 0.5) is 0 Å². The molecule has 3 rings (SSSR count). The van der Waals surface area contributed by atoms with E-state index in [2.05, 4.69) is 9.88 Å². The van der Waals surface area contributed by atoms with Crippen molar-refractivity contribution in [2.45, 2.75) is 6.54 Å². The first kappa shape index (κ1) is 12.3. The molecule has 5 heteroatoms. The molecule has 0 bridgehead atoms. The third kappa shape index (κ3) is 2.67. The van der Waals surface area contributed by atoms with Gasteiger partial charge in [-0.1, -0.05) is 12.1 Å². The van der Waals surface area contributed by atoms with E-state index in [-0.39, 0.29) is 5.56 Å². The second kappa shape index (κ2) is 5.50. The van der Waals surface area contributed by atoms with Crippen molar-refractivity contribution in [2.75, 3.05) is 32.8 Å². The van der Waals surface area contributed by atoms with Crippen LogP contribution < -0.4 is 5.56 Å². The summed E-state index contributed by atoms with van der Waals surface area (Å²) in [5, 5.41) is 0.687.